The van der Waals surface area contributed by atoms with Gasteiger partial charge in [0.1, 0.15) is 5.69 Å². The van der Waals surface area contributed by atoms with Gasteiger partial charge in [-0.2, -0.15) is 0 Å². The van der Waals surface area contributed by atoms with Gasteiger partial charge in [-0.3, -0.25) is 0 Å². The van der Waals surface area contributed by atoms with E-state index < -0.39 is 0 Å². The molecule has 0 spiro atoms. The van der Waals surface area contributed by atoms with Crippen molar-refractivity contribution in [1.82, 2.24) is 25.2 Å². The van der Waals surface area contributed by atoms with Gasteiger partial charge in [0.15, 0.2) is 0 Å². The highest BCUT2D eigenvalue weighted by molar-refractivity contribution is 4.92. The van der Waals surface area contributed by atoms with Crippen LogP contribution in [0.4, 0.5) is 0 Å². The van der Waals surface area contributed by atoms with Crippen molar-refractivity contribution in [3.05, 3.63) is 11.9 Å². The maximum Gasteiger partial charge on any atom is 0.108 e. The molecule has 2 aliphatic rings. The summed E-state index contributed by atoms with van der Waals surface area (Å²) in [5.74, 6) is 0.808. The molecular weight excluding hydrogens is 242 g/mol. The van der Waals surface area contributed by atoms with Crippen LogP contribution in [0.2, 0.25) is 0 Å². The maximum atomic E-state index is 9.06. The first-order valence-corrected chi connectivity index (χ1v) is 7.30. The van der Waals surface area contributed by atoms with E-state index in [0.29, 0.717) is 11.7 Å². The predicted octanol–water partition coefficient (Wildman–Crippen LogP) is 0.0168. The van der Waals surface area contributed by atoms with Crippen LogP contribution in [0.25, 0.3) is 0 Å². The lowest BCUT2D eigenvalue weighted by molar-refractivity contribution is 0.150. The molecule has 0 amide bonds. The lowest BCUT2D eigenvalue weighted by Crippen LogP contribution is -2.40. The molecule has 0 radical (unpaired) electrons. The van der Waals surface area contributed by atoms with E-state index in [0.717, 1.165) is 18.9 Å². The monoisotopic (exact) mass is 265 g/mol. The number of hydrogen-bond acceptors (Lipinski definition) is 5. The topological polar surface area (TPSA) is 66.2 Å². The molecule has 0 bridgehead atoms. The molecule has 6 nitrogen and oxygen atoms in total. The van der Waals surface area contributed by atoms with Gasteiger partial charge in [-0.05, 0) is 44.8 Å². The van der Waals surface area contributed by atoms with E-state index >= 15 is 0 Å². The molecule has 106 valence electrons. The fraction of sp³-hybridized carbons (Fsp3) is 0.846. The number of nitrogens with zero attached hydrogens (tertiary/aromatic N) is 4. The molecule has 3 heterocycles. The molecule has 1 aromatic heterocycles. The van der Waals surface area contributed by atoms with Crippen molar-refractivity contribution in [1.29, 1.82) is 0 Å². The molecule has 2 unspecified atom stereocenters. The SMILES string of the molecule is OCc1cn(C2CCCN(CC3CCNC3)C2)nn1. The fourth-order valence-corrected chi connectivity index (χ4v) is 3.21. The third-order valence-electron chi connectivity index (χ3n) is 4.25. The molecule has 0 aliphatic carbocycles. The van der Waals surface area contributed by atoms with E-state index in [4.69, 9.17) is 5.11 Å². The first-order chi connectivity index (χ1) is 9.35. The lowest BCUT2D eigenvalue weighted by Gasteiger charge is -2.33. The van der Waals surface area contributed by atoms with Crippen LogP contribution in [-0.2, 0) is 6.61 Å². The first kappa shape index (κ1) is 13.0. The lowest BCUT2D eigenvalue weighted by atomic mass is 10.0. The zero-order valence-corrected chi connectivity index (χ0v) is 11.3. The summed E-state index contributed by atoms with van der Waals surface area (Å²) in [5.41, 5.74) is 0.664. The van der Waals surface area contributed by atoms with Crippen molar-refractivity contribution >= 4 is 0 Å². The number of hydrogen-bond donors (Lipinski definition) is 2. The molecule has 1 aromatic rings. The average Bonchev–Trinajstić information content (AvgIpc) is 3.09. The summed E-state index contributed by atoms with van der Waals surface area (Å²) >= 11 is 0. The van der Waals surface area contributed by atoms with Crippen LogP contribution in [0.1, 0.15) is 31.0 Å². The van der Waals surface area contributed by atoms with Crippen LogP contribution in [-0.4, -0.2) is 57.7 Å². The quantitative estimate of drug-likeness (QED) is 0.803. The highest BCUT2D eigenvalue weighted by atomic mass is 16.3. The van der Waals surface area contributed by atoms with Gasteiger partial charge < -0.3 is 15.3 Å². The number of aromatic nitrogens is 3. The molecule has 19 heavy (non-hydrogen) atoms. The Balaban J connectivity index is 1.57. The van der Waals surface area contributed by atoms with Gasteiger partial charge in [0, 0.05) is 13.1 Å². The van der Waals surface area contributed by atoms with Gasteiger partial charge in [-0.25, -0.2) is 4.68 Å². The molecule has 6 heteroatoms. The molecular formula is C13H23N5O. The van der Waals surface area contributed by atoms with Crippen molar-refractivity contribution in [2.45, 2.75) is 31.9 Å². The van der Waals surface area contributed by atoms with Gasteiger partial charge in [-0.1, -0.05) is 5.21 Å². The summed E-state index contributed by atoms with van der Waals surface area (Å²) < 4.78 is 1.94. The minimum atomic E-state index is -0.0236. The molecule has 2 saturated heterocycles. The van der Waals surface area contributed by atoms with Crippen molar-refractivity contribution in [3.8, 4) is 0 Å². The Morgan fingerprint density at radius 3 is 3.11 bits per heavy atom. The summed E-state index contributed by atoms with van der Waals surface area (Å²) in [5, 5.41) is 20.6. The second-order valence-electron chi connectivity index (χ2n) is 5.76. The second-order valence-corrected chi connectivity index (χ2v) is 5.76. The fourth-order valence-electron chi connectivity index (χ4n) is 3.21. The normalized spacial score (nSPS) is 28.9. The Bertz CT molecular complexity index is 401. The molecule has 2 fully saturated rings. The van der Waals surface area contributed by atoms with Crippen molar-refractivity contribution in [2.75, 3.05) is 32.7 Å². The third-order valence-corrected chi connectivity index (χ3v) is 4.25. The van der Waals surface area contributed by atoms with Crippen molar-refractivity contribution in [3.63, 3.8) is 0 Å². The summed E-state index contributed by atoms with van der Waals surface area (Å²) in [6, 6.07) is 0.413. The smallest absolute Gasteiger partial charge is 0.108 e. The number of nitrogens with one attached hydrogen (secondary N) is 1. The van der Waals surface area contributed by atoms with Gasteiger partial charge in [-0.15, -0.1) is 5.10 Å². The highest BCUT2D eigenvalue weighted by Gasteiger charge is 2.25. The Kier molecular flexibility index (Phi) is 4.10. The summed E-state index contributed by atoms with van der Waals surface area (Å²) in [4.78, 5) is 2.56. The van der Waals surface area contributed by atoms with Crippen LogP contribution in [0.3, 0.4) is 0 Å². The standard InChI is InChI=1S/C13H23N5O/c19-10-12-8-18(16-15-12)13-2-1-5-17(9-13)7-11-3-4-14-6-11/h8,11,13-14,19H,1-7,9-10H2. The predicted molar refractivity (Wildman–Crippen MR) is 71.6 cm³/mol. The number of rotatable bonds is 4. The summed E-state index contributed by atoms with van der Waals surface area (Å²) in [6.07, 6.45) is 5.57. The molecule has 2 N–H and O–H groups in total. The van der Waals surface area contributed by atoms with Crippen LogP contribution >= 0.6 is 0 Å². The van der Waals surface area contributed by atoms with Crippen LogP contribution in [0.5, 0.6) is 0 Å². The van der Waals surface area contributed by atoms with E-state index in [1.165, 1.54) is 39.0 Å². The van der Waals surface area contributed by atoms with Gasteiger partial charge >= 0.3 is 0 Å². The van der Waals surface area contributed by atoms with E-state index in [2.05, 4.69) is 20.5 Å². The average molecular weight is 265 g/mol. The highest BCUT2D eigenvalue weighted by Crippen LogP contribution is 2.22. The van der Waals surface area contributed by atoms with E-state index in [1.807, 2.05) is 10.9 Å². The molecule has 2 aliphatic heterocycles. The summed E-state index contributed by atoms with van der Waals surface area (Å²) in [7, 11) is 0. The second kappa shape index (κ2) is 5.98. The first-order valence-electron chi connectivity index (χ1n) is 7.30. The van der Waals surface area contributed by atoms with Crippen LogP contribution < -0.4 is 5.32 Å². The van der Waals surface area contributed by atoms with Crippen LogP contribution in [0, 0.1) is 5.92 Å². The van der Waals surface area contributed by atoms with E-state index in [1.54, 1.807) is 0 Å². The van der Waals surface area contributed by atoms with Crippen LogP contribution in [0.15, 0.2) is 6.20 Å². The molecule has 0 aromatic carbocycles. The minimum absolute atomic E-state index is 0.0236. The minimum Gasteiger partial charge on any atom is -0.390 e. The molecule has 0 saturated carbocycles. The maximum absolute atomic E-state index is 9.06. The Morgan fingerprint density at radius 2 is 2.37 bits per heavy atom. The number of likely N-dealkylation sites (tertiary alicyclic amines) is 1. The third kappa shape index (κ3) is 3.13. The van der Waals surface area contributed by atoms with Crippen molar-refractivity contribution < 1.29 is 5.11 Å². The van der Waals surface area contributed by atoms with E-state index in [-0.39, 0.29) is 6.61 Å². The Morgan fingerprint density at radius 1 is 1.42 bits per heavy atom. The number of piperidine rings is 1. The van der Waals surface area contributed by atoms with Gasteiger partial charge in [0.05, 0.1) is 18.8 Å². The van der Waals surface area contributed by atoms with Crippen molar-refractivity contribution in [2.24, 2.45) is 5.92 Å². The Hall–Kier alpha value is -0.980. The number of aliphatic hydroxyl groups is 1. The number of aliphatic hydroxyl groups excluding tert-OH is 1. The zero-order valence-electron chi connectivity index (χ0n) is 11.3. The summed E-state index contributed by atoms with van der Waals surface area (Å²) in [6.45, 7) is 5.78. The van der Waals surface area contributed by atoms with Gasteiger partial charge in [0.25, 0.3) is 0 Å². The Labute approximate surface area is 113 Å². The molecule has 3 rings (SSSR count). The zero-order chi connectivity index (χ0) is 13.1. The largest absolute Gasteiger partial charge is 0.390 e. The van der Waals surface area contributed by atoms with Gasteiger partial charge in [0.2, 0.25) is 0 Å². The van der Waals surface area contributed by atoms with E-state index in [9.17, 15) is 0 Å². The molecule has 2 atom stereocenters.